The molecule has 1 N–H and O–H groups in total. The summed E-state index contributed by atoms with van der Waals surface area (Å²) in [5.41, 5.74) is 2.98. The largest absolute Gasteiger partial charge is 0.313 e. The Hall–Kier alpha value is -1.38. The molecule has 0 radical (unpaired) electrons. The van der Waals surface area contributed by atoms with Crippen LogP contribution in [0.15, 0.2) is 42.5 Å². The van der Waals surface area contributed by atoms with Gasteiger partial charge in [0.1, 0.15) is 5.82 Å². The summed E-state index contributed by atoms with van der Waals surface area (Å²) in [5, 5.41) is 3.68. The molecule has 0 aliphatic rings. The molecule has 3 heteroatoms. The van der Waals surface area contributed by atoms with Gasteiger partial charge < -0.3 is 5.32 Å². The summed E-state index contributed by atoms with van der Waals surface area (Å²) in [5.74, 6) is -0.311. The normalized spacial score (nSPS) is 10.6. The average molecular weight is 264 g/mol. The number of rotatable bonds is 4. The molecule has 0 spiro atoms. The van der Waals surface area contributed by atoms with E-state index in [1.807, 2.05) is 24.3 Å². The van der Waals surface area contributed by atoms with Crippen LogP contribution in [0.3, 0.4) is 0 Å². The number of benzene rings is 2. The van der Waals surface area contributed by atoms with Gasteiger partial charge in [0.2, 0.25) is 0 Å². The number of hydrogen-bond donors (Lipinski definition) is 1. The summed E-state index contributed by atoms with van der Waals surface area (Å²) in [4.78, 5) is 0. The highest BCUT2D eigenvalue weighted by molar-refractivity contribution is 6.30. The van der Waals surface area contributed by atoms with Gasteiger partial charge in [-0.05, 0) is 41.4 Å². The highest BCUT2D eigenvalue weighted by Crippen LogP contribution is 2.24. The van der Waals surface area contributed by atoms with Gasteiger partial charge in [-0.1, -0.05) is 42.8 Å². The molecule has 0 fully saturated rings. The Morgan fingerprint density at radius 2 is 1.78 bits per heavy atom. The van der Waals surface area contributed by atoms with Crippen molar-refractivity contribution in [1.29, 1.82) is 0 Å². The molecular formula is C15H15ClFN. The van der Waals surface area contributed by atoms with Crippen molar-refractivity contribution in [2.45, 2.75) is 13.5 Å². The van der Waals surface area contributed by atoms with E-state index < -0.39 is 0 Å². The van der Waals surface area contributed by atoms with Crippen molar-refractivity contribution in [1.82, 2.24) is 5.32 Å². The van der Waals surface area contributed by atoms with Crippen molar-refractivity contribution in [3.8, 4) is 11.1 Å². The maximum absolute atomic E-state index is 13.3. The van der Waals surface area contributed by atoms with E-state index >= 15 is 0 Å². The fourth-order valence-electron chi connectivity index (χ4n) is 1.80. The molecule has 0 heterocycles. The van der Waals surface area contributed by atoms with E-state index in [2.05, 4.69) is 12.2 Å². The molecule has 0 atom stereocenters. The molecule has 2 aromatic carbocycles. The molecule has 0 aromatic heterocycles. The molecule has 0 aliphatic carbocycles. The second-order valence-corrected chi connectivity index (χ2v) is 4.57. The van der Waals surface area contributed by atoms with E-state index in [0.29, 0.717) is 5.02 Å². The van der Waals surface area contributed by atoms with Crippen LogP contribution in [0.25, 0.3) is 11.1 Å². The van der Waals surface area contributed by atoms with Crippen molar-refractivity contribution in [3.63, 3.8) is 0 Å². The van der Waals surface area contributed by atoms with Crippen LogP contribution in [-0.2, 0) is 6.54 Å². The van der Waals surface area contributed by atoms with E-state index in [1.165, 1.54) is 17.7 Å². The topological polar surface area (TPSA) is 12.0 Å². The Kier molecular flexibility index (Phi) is 4.34. The second-order valence-electron chi connectivity index (χ2n) is 4.14. The zero-order chi connectivity index (χ0) is 13.0. The third-order valence-corrected chi connectivity index (χ3v) is 2.95. The predicted molar refractivity (Wildman–Crippen MR) is 74.2 cm³/mol. The highest BCUT2D eigenvalue weighted by Gasteiger charge is 2.02. The van der Waals surface area contributed by atoms with Gasteiger partial charge in [-0.3, -0.25) is 0 Å². The molecule has 94 valence electrons. The van der Waals surface area contributed by atoms with E-state index in [0.717, 1.165) is 24.2 Å². The van der Waals surface area contributed by atoms with Gasteiger partial charge in [-0.2, -0.15) is 0 Å². The first kappa shape index (κ1) is 13.1. The minimum atomic E-state index is -0.311. The Morgan fingerprint density at radius 3 is 2.39 bits per heavy atom. The molecule has 2 aromatic rings. The second kappa shape index (κ2) is 5.98. The lowest BCUT2D eigenvalue weighted by Gasteiger charge is -2.06. The quantitative estimate of drug-likeness (QED) is 0.869. The lowest BCUT2D eigenvalue weighted by atomic mass is 10.0. The summed E-state index contributed by atoms with van der Waals surface area (Å²) >= 11 is 5.85. The van der Waals surface area contributed by atoms with Crippen LogP contribution in [0.4, 0.5) is 4.39 Å². The van der Waals surface area contributed by atoms with Crippen LogP contribution in [-0.4, -0.2) is 6.54 Å². The summed E-state index contributed by atoms with van der Waals surface area (Å²) in [7, 11) is 0. The van der Waals surface area contributed by atoms with Crippen molar-refractivity contribution >= 4 is 11.6 Å². The van der Waals surface area contributed by atoms with Crippen LogP contribution in [0.1, 0.15) is 12.5 Å². The van der Waals surface area contributed by atoms with Gasteiger partial charge in [0.25, 0.3) is 0 Å². The molecule has 0 amide bonds. The van der Waals surface area contributed by atoms with Crippen molar-refractivity contribution in [3.05, 3.63) is 58.9 Å². The number of halogens is 2. The van der Waals surface area contributed by atoms with Gasteiger partial charge in [-0.25, -0.2) is 4.39 Å². The zero-order valence-electron chi connectivity index (χ0n) is 10.2. The van der Waals surface area contributed by atoms with E-state index in [4.69, 9.17) is 11.6 Å². The Balaban J connectivity index is 2.23. The van der Waals surface area contributed by atoms with Crippen molar-refractivity contribution in [2.75, 3.05) is 6.54 Å². The van der Waals surface area contributed by atoms with Gasteiger partial charge in [0.05, 0.1) is 0 Å². The molecule has 0 saturated heterocycles. The monoisotopic (exact) mass is 263 g/mol. The average Bonchev–Trinajstić information content (AvgIpc) is 2.36. The Bertz CT molecular complexity index is 502. The highest BCUT2D eigenvalue weighted by atomic mass is 35.5. The number of nitrogens with one attached hydrogen (secondary N) is 1. The number of hydrogen-bond acceptors (Lipinski definition) is 1. The first-order valence-corrected chi connectivity index (χ1v) is 6.33. The summed E-state index contributed by atoms with van der Waals surface area (Å²) in [6, 6.07) is 12.6. The van der Waals surface area contributed by atoms with Crippen molar-refractivity contribution < 1.29 is 4.39 Å². The van der Waals surface area contributed by atoms with E-state index in [9.17, 15) is 4.39 Å². The minimum absolute atomic E-state index is 0.311. The first-order chi connectivity index (χ1) is 8.69. The standard InChI is InChI=1S/C15H15ClFN/c1-2-18-10-11-3-5-12(6-4-11)13-7-14(16)9-15(17)8-13/h3-9,18H,2,10H2,1H3. The third-order valence-electron chi connectivity index (χ3n) is 2.73. The maximum Gasteiger partial charge on any atom is 0.125 e. The fraction of sp³-hybridized carbons (Fsp3) is 0.200. The van der Waals surface area contributed by atoms with E-state index in [-0.39, 0.29) is 5.82 Å². The molecule has 0 saturated carbocycles. The van der Waals surface area contributed by atoms with Crippen LogP contribution < -0.4 is 5.32 Å². The summed E-state index contributed by atoms with van der Waals surface area (Å²) < 4.78 is 13.3. The Labute approximate surface area is 112 Å². The van der Waals surface area contributed by atoms with Crippen LogP contribution >= 0.6 is 11.6 Å². The minimum Gasteiger partial charge on any atom is -0.313 e. The van der Waals surface area contributed by atoms with Gasteiger partial charge in [0, 0.05) is 11.6 Å². The molecule has 18 heavy (non-hydrogen) atoms. The van der Waals surface area contributed by atoms with Gasteiger partial charge in [-0.15, -0.1) is 0 Å². The van der Waals surface area contributed by atoms with Crippen LogP contribution in [0.5, 0.6) is 0 Å². The van der Waals surface area contributed by atoms with Gasteiger partial charge >= 0.3 is 0 Å². The third kappa shape index (κ3) is 3.31. The molecule has 0 unspecified atom stereocenters. The molecule has 2 rings (SSSR count). The van der Waals surface area contributed by atoms with Crippen molar-refractivity contribution in [2.24, 2.45) is 0 Å². The fourth-order valence-corrected chi connectivity index (χ4v) is 2.03. The Morgan fingerprint density at radius 1 is 1.06 bits per heavy atom. The lowest BCUT2D eigenvalue weighted by Crippen LogP contribution is -2.11. The SMILES string of the molecule is CCNCc1ccc(-c2cc(F)cc(Cl)c2)cc1. The maximum atomic E-state index is 13.3. The van der Waals surface area contributed by atoms with Crippen LogP contribution in [0.2, 0.25) is 5.02 Å². The van der Waals surface area contributed by atoms with Crippen LogP contribution in [0, 0.1) is 5.82 Å². The molecule has 0 aliphatic heterocycles. The smallest absolute Gasteiger partial charge is 0.125 e. The van der Waals surface area contributed by atoms with Gasteiger partial charge in [0.15, 0.2) is 0 Å². The zero-order valence-corrected chi connectivity index (χ0v) is 11.0. The molecule has 1 nitrogen and oxygen atoms in total. The lowest BCUT2D eigenvalue weighted by molar-refractivity contribution is 0.628. The summed E-state index contributed by atoms with van der Waals surface area (Å²) in [6.07, 6.45) is 0. The molecular weight excluding hydrogens is 249 g/mol. The predicted octanol–water partition coefficient (Wildman–Crippen LogP) is 4.26. The summed E-state index contributed by atoms with van der Waals surface area (Å²) in [6.45, 7) is 3.87. The van der Waals surface area contributed by atoms with E-state index in [1.54, 1.807) is 6.07 Å². The molecule has 0 bridgehead atoms. The first-order valence-electron chi connectivity index (χ1n) is 5.95.